The molecule has 1 aromatic carbocycles. The molecular weight excluding hydrogens is 284 g/mol. The highest BCUT2D eigenvalue weighted by Gasteiger charge is 2.26. The second kappa shape index (κ2) is 7.73. The normalized spacial score (nSPS) is 11.3. The molecule has 22 heavy (non-hydrogen) atoms. The number of hydrogen-bond acceptors (Lipinski definition) is 5. The Balaban J connectivity index is 2.25. The number of rotatable bonds is 7. The third kappa shape index (κ3) is 4.02. The quantitative estimate of drug-likeness (QED) is 0.621. The van der Waals surface area contributed by atoms with Gasteiger partial charge in [-0.05, 0) is 17.7 Å². The first-order valence-electron chi connectivity index (χ1n) is 6.53. The maximum Gasteiger partial charge on any atom is 0.333 e. The van der Waals surface area contributed by atoms with Gasteiger partial charge in [0.1, 0.15) is 12.5 Å². The summed E-state index contributed by atoms with van der Waals surface area (Å²) in [5.41, 5.74) is 0.864. The van der Waals surface area contributed by atoms with Gasteiger partial charge in [-0.1, -0.05) is 36.4 Å². The minimum atomic E-state index is -1.31. The topological polar surface area (TPSA) is 79.7 Å². The number of carbonyl (C=O) groups is 1. The number of aromatic nitrogens is 1. The lowest BCUT2D eigenvalue weighted by molar-refractivity contribution is -0.139. The number of carboxylic acid groups (broad SMARTS) is 1. The molecule has 0 aliphatic rings. The Bertz CT molecular complexity index is 652. The van der Waals surface area contributed by atoms with Gasteiger partial charge in [0.05, 0.1) is 0 Å². The van der Waals surface area contributed by atoms with E-state index in [1.54, 1.807) is 18.2 Å². The van der Waals surface area contributed by atoms with Gasteiger partial charge in [-0.25, -0.2) is 19.6 Å². The van der Waals surface area contributed by atoms with Gasteiger partial charge in [-0.3, -0.25) is 4.84 Å². The first-order valence-corrected chi connectivity index (χ1v) is 6.53. The van der Waals surface area contributed by atoms with Crippen LogP contribution in [0.2, 0.25) is 0 Å². The lowest BCUT2D eigenvalue weighted by Crippen LogP contribution is -2.40. The van der Waals surface area contributed by atoms with E-state index in [4.69, 9.17) is 4.84 Å². The lowest BCUT2D eigenvalue weighted by atomic mass is 10.2. The van der Waals surface area contributed by atoms with Crippen molar-refractivity contribution < 1.29 is 19.5 Å². The van der Waals surface area contributed by atoms with Crippen LogP contribution in [0.5, 0.6) is 0 Å². The van der Waals surface area contributed by atoms with Crippen LogP contribution >= 0.6 is 0 Å². The SMILES string of the molecule is O=C=C[C@@H](C(=O)O)N(OCc1ccccc1)c1ccccn1. The van der Waals surface area contributed by atoms with Gasteiger partial charge in [0.2, 0.25) is 0 Å². The summed E-state index contributed by atoms with van der Waals surface area (Å²) in [5.74, 6) is 0.547. The molecule has 0 saturated heterocycles. The third-order valence-corrected chi connectivity index (χ3v) is 2.82. The summed E-state index contributed by atoms with van der Waals surface area (Å²) in [5, 5.41) is 10.4. The number of hydrogen-bond donors (Lipinski definition) is 1. The summed E-state index contributed by atoms with van der Waals surface area (Å²) in [6.45, 7) is 0.147. The molecule has 112 valence electrons. The molecule has 0 unspecified atom stereocenters. The molecule has 1 N–H and O–H groups in total. The fourth-order valence-electron chi connectivity index (χ4n) is 1.80. The second-order valence-electron chi connectivity index (χ2n) is 4.34. The largest absolute Gasteiger partial charge is 0.479 e. The molecule has 0 spiro atoms. The third-order valence-electron chi connectivity index (χ3n) is 2.82. The highest BCUT2D eigenvalue weighted by atomic mass is 16.7. The number of carboxylic acids is 1. The van der Waals surface area contributed by atoms with Crippen LogP contribution in [-0.2, 0) is 21.0 Å². The molecule has 0 aliphatic carbocycles. The summed E-state index contributed by atoms with van der Waals surface area (Å²) in [7, 11) is 0. The zero-order valence-corrected chi connectivity index (χ0v) is 11.6. The Hall–Kier alpha value is -2.95. The van der Waals surface area contributed by atoms with Gasteiger partial charge in [0, 0.05) is 12.3 Å². The van der Waals surface area contributed by atoms with E-state index in [2.05, 4.69) is 4.98 Å². The number of carbonyl (C=O) groups excluding carboxylic acids is 1. The van der Waals surface area contributed by atoms with Crippen LogP contribution < -0.4 is 5.06 Å². The monoisotopic (exact) mass is 298 g/mol. The van der Waals surface area contributed by atoms with Gasteiger partial charge >= 0.3 is 5.97 Å². The van der Waals surface area contributed by atoms with E-state index in [-0.39, 0.29) is 12.4 Å². The number of hydroxylamine groups is 1. The van der Waals surface area contributed by atoms with Crippen LogP contribution in [0.15, 0.2) is 60.8 Å². The zero-order chi connectivity index (χ0) is 15.8. The van der Waals surface area contributed by atoms with E-state index in [9.17, 15) is 14.7 Å². The van der Waals surface area contributed by atoms with Crippen molar-refractivity contribution in [2.45, 2.75) is 12.6 Å². The highest BCUT2D eigenvalue weighted by Crippen LogP contribution is 2.16. The Morgan fingerprint density at radius 3 is 2.59 bits per heavy atom. The molecule has 2 aromatic rings. The Morgan fingerprint density at radius 1 is 1.27 bits per heavy atom. The predicted molar refractivity (Wildman–Crippen MR) is 79.6 cm³/mol. The minimum absolute atomic E-state index is 0.147. The number of aliphatic carboxylic acids is 1. The summed E-state index contributed by atoms with van der Waals surface area (Å²) < 4.78 is 0. The predicted octanol–water partition coefficient (Wildman–Crippen LogP) is 1.86. The average Bonchev–Trinajstić information content (AvgIpc) is 2.56. The molecular formula is C16H14N2O4. The highest BCUT2D eigenvalue weighted by molar-refractivity contribution is 5.81. The number of nitrogens with zero attached hydrogens (tertiary/aromatic N) is 2. The van der Waals surface area contributed by atoms with E-state index >= 15 is 0 Å². The first kappa shape index (κ1) is 15.4. The van der Waals surface area contributed by atoms with Gasteiger partial charge in [-0.15, -0.1) is 0 Å². The van der Waals surface area contributed by atoms with E-state index in [1.165, 1.54) is 12.1 Å². The van der Waals surface area contributed by atoms with Gasteiger partial charge in [-0.2, -0.15) is 0 Å². The molecule has 0 bridgehead atoms. The van der Waals surface area contributed by atoms with Crippen molar-refractivity contribution in [3.05, 3.63) is 66.4 Å². The summed E-state index contributed by atoms with van der Waals surface area (Å²) in [4.78, 5) is 31.6. The molecule has 6 nitrogen and oxygen atoms in total. The molecule has 1 heterocycles. The summed E-state index contributed by atoms with van der Waals surface area (Å²) >= 11 is 0. The number of benzene rings is 1. The van der Waals surface area contributed by atoms with Crippen molar-refractivity contribution in [3.8, 4) is 0 Å². The number of anilines is 1. The molecule has 6 heteroatoms. The van der Waals surface area contributed by atoms with E-state index < -0.39 is 12.0 Å². The van der Waals surface area contributed by atoms with Crippen molar-refractivity contribution >= 4 is 17.7 Å². The molecule has 0 fully saturated rings. The van der Waals surface area contributed by atoms with Crippen molar-refractivity contribution in [1.29, 1.82) is 0 Å². The average molecular weight is 298 g/mol. The van der Waals surface area contributed by atoms with Gasteiger partial charge < -0.3 is 5.11 Å². The van der Waals surface area contributed by atoms with E-state index in [1.807, 2.05) is 30.3 Å². The van der Waals surface area contributed by atoms with Crippen LogP contribution in [0.25, 0.3) is 0 Å². The maximum atomic E-state index is 11.4. The molecule has 2 rings (SSSR count). The van der Waals surface area contributed by atoms with Crippen molar-refractivity contribution in [2.24, 2.45) is 0 Å². The maximum absolute atomic E-state index is 11.4. The van der Waals surface area contributed by atoms with Crippen LogP contribution in [0, 0.1) is 0 Å². The minimum Gasteiger partial charge on any atom is -0.479 e. The molecule has 1 aromatic heterocycles. The van der Waals surface area contributed by atoms with Crippen molar-refractivity contribution in [2.75, 3.05) is 5.06 Å². The molecule has 1 atom stereocenters. The molecule has 0 radical (unpaired) electrons. The Labute approximate surface area is 127 Å². The molecule has 0 aliphatic heterocycles. The van der Waals surface area contributed by atoms with Crippen LogP contribution in [0.4, 0.5) is 5.82 Å². The van der Waals surface area contributed by atoms with Crippen molar-refractivity contribution in [3.63, 3.8) is 0 Å². The Kier molecular flexibility index (Phi) is 5.43. The number of pyridine rings is 1. The summed E-state index contributed by atoms with van der Waals surface area (Å²) in [6, 6.07) is 13.0. The fourth-order valence-corrected chi connectivity index (χ4v) is 1.80. The lowest BCUT2D eigenvalue weighted by Gasteiger charge is -2.26. The summed E-state index contributed by atoms with van der Waals surface area (Å²) in [6.07, 6.45) is 2.39. The van der Waals surface area contributed by atoms with Crippen molar-refractivity contribution in [1.82, 2.24) is 4.98 Å². The van der Waals surface area contributed by atoms with Crippen LogP contribution in [-0.4, -0.2) is 28.0 Å². The first-order chi connectivity index (χ1) is 10.7. The van der Waals surface area contributed by atoms with E-state index in [0.29, 0.717) is 0 Å². The zero-order valence-electron chi connectivity index (χ0n) is 11.6. The molecule has 0 saturated carbocycles. The van der Waals surface area contributed by atoms with E-state index in [0.717, 1.165) is 16.7 Å². The smallest absolute Gasteiger partial charge is 0.333 e. The van der Waals surface area contributed by atoms with Crippen LogP contribution in [0.3, 0.4) is 0 Å². The fraction of sp³-hybridized carbons (Fsp3) is 0.125. The van der Waals surface area contributed by atoms with Gasteiger partial charge in [0.15, 0.2) is 11.9 Å². The second-order valence-corrected chi connectivity index (χ2v) is 4.34. The Morgan fingerprint density at radius 2 is 2.00 bits per heavy atom. The van der Waals surface area contributed by atoms with Crippen LogP contribution in [0.1, 0.15) is 5.56 Å². The standard InChI is InChI=1S/C16H14N2O4/c19-11-9-14(16(20)21)18(15-8-4-5-10-17-15)22-12-13-6-2-1-3-7-13/h1-10,14H,12H2,(H,20,21)/t14-/m0/s1. The van der Waals surface area contributed by atoms with Gasteiger partial charge in [0.25, 0.3) is 0 Å². The molecule has 0 amide bonds.